The van der Waals surface area contributed by atoms with Crippen LogP contribution >= 0.6 is 0 Å². The molecule has 0 saturated carbocycles. The molecular weight excluding hydrogens is 338 g/mol. The highest BCUT2D eigenvalue weighted by Gasteiger charge is 2.32. The van der Waals surface area contributed by atoms with E-state index in [2.05, 4.69) is 6.92 Å². The SMILES string of the molecule is C[C@@H]1CCCN(C(=O)C[NH+]2CCN(S(=O)(=O)c3ccccc3)CC2)C1. The number of hydrogen-bond donors (Lipinski definition) is 1. The molecule has 2 heterocycles. The van der Waals surface area contributed by atoms with Gasteiger partial charge in [-0.2, -0.15) is 4.31 Å². The van der Waals surface area contributed by atoms with Gasteiger partial charge in [-0.1, -0.05) is 25.1 Å². The van der Waals surface area contributed by atoms with Crippen LogP contribution in [0.25, 0.3) is 0 Å². The van der Waals surface area contributed by atoms with Crippen molar-refractivity contribution in [3.63, 3.8) is 0 Å². The van der Waals surface area contributed by atoms with E-state index in [4.69, 9.17) is 0 Å². The summed E-state index contributed by atoms with van der Waals surface area (Å²) in [5, 5.41) is 0. The third kappa shape index (κ3) is 4.40. The van der Waals surface area contributed by atoms with Gasteiger partial charge in [0.25, 0.3) is 5.91 Å². The Morgan fingerprint density at radius 2 is 1.84 bits per heavy atom. The number of rotatable bonds is 4. The Balaban J connectivity index is 1.53. The average molecular weight is 367 g/mol. The molecule has 1 aromatic rings. The van der Waals surface area contributed by atoms with E-state index in [1.807, 2.05) is 11.0 Å². The highest BCUT2D eigenvalue weighted by atomic mass is 32.2. The third-order valence-electron chi connectivity index (χ3n) is 5.22. The van der Waals surface area contributed by atoms with Crippen molar-refractivity contribution in [3.05, 3.63) is 30.3 Å². The van der Waals surface area contributed by atoms with Crippen LogP contribution in [0, 0.1) is 5.92 Å². The smallest absolute Gasteiger partial charge is 0.277 e. The molecule has 1 amide bonds. The number of nitrogens with zero attached hydrogens (tertiary/aromatic N) is 2. The van der Waals surface area contributed by atoms with E-state index in [9.17, 15) is 13.2 Å². The summed E-state index contributed by atoms with van der Waals surface area (Å²) in [7, 11) is -3.42. The van der Waals surface area contributed by atoms with E-state index in [1.165, 1.54) is 11.3 Å². The van der Waals surface area contributed by atoms with Gasteiger partial charge in [0.05, 0.1) is 31.1 Å². The maximum absolute atomic E-state index is 12.6. The summed E-state index contributed by atoms with van der Waals surface area (Å²) in [6, 6.07) is 8.57. The maximum atomic E-state index is 12.6. The monoisotopic (exact) mass is 366 g/mol. The number of benzene rings is 1. The lowest BCUT2D eigenvalue weighted by Gasteiger charge is -2.34. The van der Waals surface area contributed by atoms with Crippen molar-refractivity contribution in [1.29, 1.82) is 0 Å². The van der Waals surface area contributed by atoms with E-state index in [0.717, 1.165) is 19.5 Å². The van der Waals surface area contributed by atoms with Gasteiger partial charge in [-0.05, 0) is 30.9 Å². The number of quaternary nitrogens is 1. The van der Waals surface area contributed by atoms with Crippen LogP contribution in [-0.2, 0) is 14.8 Å². The highest BCUT2D eigenvalue weighted by molar-refractivity contribution is 7.89. The molecule has 0 unspecified atom stereocenters. The third-order valence-corrected chi connectivity index (χ3v) is 7.13. The summed E-state index contributed by atoms with van der Waals surface area (Å²) >= 11 is 0. The van der Waals surface area contributed by atoms with Gasteiger partial charge in [0.2, 0.25) is 10.0 Å². The van der Waals surface area contributed by atoms with Crippen molar-refractivity contribution in [1.82, 2.24) is 9.21 Å². The van der Waals surface area contributed by atoms with Gasteiger partial charge >= 0.3 is 0 Å². The molecule has 0 aliphatic carbocycles. The lowest BCUT2D eigenvalue weighted by atomic mass is 10.0. The predicted molar refractivity (Wildman–Crippen MR) is 95.7 cm³/mol. The second-order valence-electron chi connectivity index (χ2n) is 7.23. The van der Waals surface area contributed by atoms with Crippen LogP contribution in [-0.4, -0.2) is 69.3 Å². The van der Waals surface area contributed by atoms with E-state index in [0.29, 0.717) is 43.5 Å². The predicted octanol–water partition coefficient (Wildman–Crippen LogP) is -0.166. The van der Waals surface area contributed by atoms with Gasteiger partial charge in [0.15, 0.2) is 6.54 Å². The first-order chi connectivity index (χ1) is 12.0. The first kappa shape index (κ1) is 18.4. The van der Waals surface area contributed by atoms with Gasteiger partial charge in [0.1, 0.15) is 0 Å². The number of carbonyl (C=O) groups is 1. The second-order valence-corrected chi connectivity index (χ2v) is 9.17. The van der Waals surface area contributed by atoms with Crippen molar-refractivity contribution in [2.24, 2.45) is 5.92 Å². The summed E-state index contributed by atoms with van der Waals surface area (Å²) < 4.78 is 26.8. The van der Waals surface area contributed by atoms with Gasteiger partial charge in [-0.15, -0.1) is 0 Å². The zero-order valence-corrected chi connectivity index (χ0v) is 15.7. The normalized spacial score (nSPS) is 23.6. The molecule has 7 heteroatoms. The number of piperazine rings is 1. The highest BCUT2D eigenvalue weighted by Crippen LogP contribution is 2.16. The molecule has 6 nitrogen and oxygen atoms in total. The van der Waals surface area contributed by atoms with Gasteiger partial charge in [0, 0.05) is 13.1 Å². The first-order valence-corrected chi connectivity index (χ1v) is 10.6. The van der Waals surface area contributed by atoms with Crippen LogP contribution < -0.4 is 4.90 Å². The number of hydrogen-bond acceptors (Lipinski definition) is 3. The maximum Gasteiger partial charge on any atom is 0.277 e. The second kappa shape index (κ2) is 7.85. The van der Waals surface area contributed by atoms with Crippen molar-refractivity contribution >= 4 is 15.9 Å². The topological polar surface area (TPSA) is 62.1 Å². The van der Waals surface area contributed by atoms with Gasteiger partial charge in [-0.3, -0.25) is 4.79 Å². The van der Waals surface area contributed by atoms with Crippen molar-refractivity contribution in [2.75, 3.05) is 45.8 Å². The van der Waals surface area contributed by atoms with Crippen molar-refractivity contribution < 1.29 is 18.1 Å². The largest absolute Gasteiger partial charge is 0.338 e. The molecule has 3 rings (SSSR count). The minimum atomic E-state index is -3.42. The number of carbonyl (C=O) groups excluding carboxylic acids is 1. The van der Waals surface area contributed by atoms with Crippen LogP contribution in [0.1, 0.15) is 19.8 Å². The molecule has 1 N–H and O–H groups in total. The Bertz CT molecular complexity index is 685. The zero-order valence-electron chi connectivity index (χ0n) is 14.9. The molecule has 2 saturated heterocycles. The standard InChI is InChI=1S/C18H27N3O3S/c1-16-6-5-9-20(14-16)18(22)15-19-10-12-21(13-11-19)25(23,24)17-7-3-2-4-8-17/h2-4,7-8,16H,5-6,9-15H2,1H3/p+1/t16-/m1/s1. The molecule has 1 atom stereocenters. The fourth-order valence-corrected chi connectivity index (χ4v) is 5.17. The summed E-state index contributed by atoms with van der Waals surface area (Å²) in [6.45, 7) is 6.70. The van der Waals surface area contributed by atoms with E-state index in [1.54, 1.807) is 28.6 Å². The Hall–Kier alpha value is -1.44. The van der Waals surface area contributed by atoms with Gasteiger partial charge < -0.3 is 9.80 Å². The van der Waals surface area contributed by atoms with Gasteiger partial charge in [-0.25, -0.2) is 8.42 Å². The zero-order chi connectivity index (χ0) is 17.9. The number of piperidine rings is 1. The van der Waals surface area contributed by atoms with Crippen LogP contribution in [0.4, 0.5) is 0 Å². The molecule has 0 aromatic heterocycles. The molecule has 138 valence electrons. The molecule has 2 aliphatic heterocycles. The Labute approximate surface area is 150 Å². The minimum Gasteiger partial charge on any atom is -0.338 e. The fraction of sp³-hybridized carbons (Fsp3) is 0.611. The van der Waals surface area contributed by atoms with Crippen LogP contribution in [0.5, 0.6) is 0 Å². The lowest BCUT2D eigenvalue weighted by molar-refractivity contribution is -0.896. The molecule has 0 radical (unpaired) electrons. The average Bonchev–Trinajstić information content (AvgIpc) is 2.63. The fourth-order valence-electron chi connectivity index (χ4n) is 3.70. The van der Waals surface area contributed by atoms with E-state index < -0.39 is 10.0 Å². The Morgan fingerprint density at radius 3 is 2.48 bits per heavy atom. The summed E-state index contributed by atoms with van der Waals surface area (Å²) in [5.74, 6) is 0.793. The quantitative estimate of drug-likeness (QED) is 0.805. The molecule has 0 bridgehead atoms. The summed E-state index contributed by atoms with van der Waals surface area (Å²) in [4.78, 5) is 16.0. The number of likely N-dealkylation sites (tertiary alicyclic amines) is 1. The first-order valence-electron chi connectivity index (χ1n) is 9.13. The summed E-state index contributed by atoms with van der Waals surface area (Å²) in [5.41, 5.74) is 0. The minimum absolute atomic E-state index is 0.209. The molecule has 0 spiro atoms. The van der Waals surface area contributed by atoms with Crippen LogP contribution in [0.15, 0.2) is 35.2 Å². The van der Waals surface area contributed by atoms with E-state index >= 15 is 0 Å². The molecule has 1 aromatic carbocycles. The molecular formula is C18H28N3O3S+. The Kier molecular flexibility index (Phi) is 5.76. The van der Waals surface area contributed by atoms with E-state index in [-0.39, 0.29) is 5.91 Å². The lowest BCUT2D eigenvalue weighted by Crippen LogP contribution is -3.15. The molecule has 2 fully saturated rings. The summed E-state index contributed by atoms with van der Waals surface area (Å²) in [6.07, 6.45) is 2.29. The van der Waals surface area contributed by atoms with Crippen molar-refractivity contribution in [3.8, 4) is 0 Å². The molecule has 25 heavy (non-hydrogen) atoms. The number of amides is 1. The van der Waals surface area contributed by atoms with Crippen LogP contribution in [0.2, 0.25) is 0 Å². The number of nitrogens with one attached hydrogen (secondary N) is 1. The Morgan fingerprint density at radius 1 is 1.16 bits per heavy atom. The number of sulfonamides is 1. The molecule has 2 aliphatic rings. The van der Waals surface area contributed by atoms with Crippen molar-refractivity contribution in [2.45, 2.75) is 24.7 Å². The van der Waals surface area contributed by atoms with Crippen LogP contribution in [0.3, 0.4) is 0 Å².